The lowest BCUT2D eigenvalue weighted by Gasteiger charge is -2.23. The Kier molecular flexibility index (Phi) is 4.10. The second-order valence-electron chi connectivity index (χ2n) is 5.55. The van der Waals surface area contributed by atoms with Gasteiger partial charge in [0.15, 0.2) is 0 Å². The smallest absolute Gasteiger partial charge is 0.322 e. The summed E-state index contributed by atoms with van der Waals surface area (Å²) in [6.07, 6.45) is -1.04. The van der Waals surface area contributed by atoms with E-state index in [4.69, 9.17) is 0 Å². The van der Waals surface area contributed by atoms with Gasteiger partial charge in [-0.05, 0) is 31.9 Å². The third kappa shape index (κ3) is 2.81. The highest BCUT2D eigenvalue weighted by Crippen LogP contribution is 2.30. The zero-order valence-electron chi connectivity index (χ0n) is 12.2. The van der Waals surface area contributed by atoms with Gasteiger partial charge in [0, 0.05) is 13.0 Å². The first kappa shape index (κ1) is 15.9. The van der Waals surface area contributed by atoms with Crippen LogP contribution in [0.2, 0.25) is 0 Å². The molecule has 0 spiro atoms. The summed E-state index contributed by atoms with van der Waals surface area (Å²) in [4.78, 5) is 11.4. The summed E-state index contributed by atoms with van der Waals surface area (Å²) in [7, 11) is -3.95. The highest BCUT2D eigenvalue weighted by molar-refractivity contribution is 7.89. The zero-order valence-corrected chi connectivity index (χ0v) is 13.0. The molecule has 1 saturated heterocycles. The Morgan fingerprint density at radius 3 is 2.24 bits per heavy atom. The number of β-amino-alcohol motifs (C(OH)–C–C–N with tert-alkyl or cyclic N) is 1. The first-order valence-corrected chi connectivity index (χ1v) is 8.09. The number of aliphatic carboxylic acids is 1. The molecule has 7 heteroatoms. The molecule has 2 rings (SSSR count). The number of aryl methyl sites for hydroxylation is 3. The van der Waals surface area contributed by atoms with Gasteiger partial charge in [0.1, 0.15) is 6.04 Å². The summed E-state index contributed by atoms with van der Waals surface area (Å²) < 4.78 is 26.5. The Hall–Kier alpha value is -1.44. The minimum atomic E-state index is -3.95. The van der Waals surface area contributed by atoms with Crippen LogP contribution in [-0.4, -0.2) is 47.6 Å². The lowest BCUT2D eigenvalue weighted by Crippen LogP contribution is -2.41. The topological polar surface area (TPSA) is 94.9 Å². The van der Waals surface area contributed by atoms with Gasteiger partial charge in [0.2, 0.25) is 10.0 Å². The Morgan fingerprint density at radius 2 is 1.76 bits per heavy atom. The van der Waals surface area contributed by atoms with E-state index in [1.807, 2.05) is 6.92 Å². The fourth-order valence-electron chi connectivity index (χ4n) is 2.97. The van der Waals surface area contributed by atoms with Gasteiger partial charge in [0.05, 0.1) is 11.0 Å². The molecule has 6 nitrogen and oxygen atoms in total. The lowest BCUT2D eigenvalue weighted by atomic mass is 10.1. The molecule has 1 aromatic rings. The predicted octanol–water partition coefficient (Wildman–Crippen LogP) is 0.820. The average molecular weight is 313 g/mol. The van der Waals surface area contributed by atoms with Crippen molar-refractivity contribution in [2.24, 2.45) is 0 Å². The molecule has 1 aliphatic heterocycles. The largest absolute Gasteiger partial charge is 0.480 e. The molecule has 2 N–H and O–H groups in total. The van der Waals surface area contributed by atoms with Crippen LogP contribution in [0.25, 0.3) is 0 Å². The number of carboxylic acid groups (broad SMARTS) is 1. The van der Waals surface area contributed by atoms with Gasteiger partial charge in [-0.2, -0.15) is 4.31 Å². The second-order valence-corrected chi connectivity index (χ2v) is 7.37. The molecule has 0 radical (unpaired) electrons. The number of hydrogen-bond donors (Lipinski definition) is 2. The first-order valence-electron chi connectivity index (χ1n) is 6.65. The first-order chi connectivity index (χ1) is 9.64. The van der Waals surface area contributed by atoms with E-state index in [2.05, 4.69) is 0 Å². The van der Waals surface area contributed by atoms with Crippen molar-refractivity contribution in [1.82, 2.24) is 4.31 Å². The van der Waals surface area contributed by atoms with Crippen molar-refractivity contribution >= 4 is 16.0 Å². The highest BCUT2D eigenvalue weighted by Gasteiger charge is 2.44. The summed E-state index contributed by atoms with van der Waals surface area (Å²) in [5.41, 5.74) is 2.11. The Morgan fingerprint density at radius 1 is 1.24 bits per heavy atom. The number of benzene rings is 1. The molecule has 0 saturated carbocycles. The number of nitrogens with zero attached hydrogens (tertiary/aromatic N) is 1. The van der Waals surface area contributed by atoms with Crippen molar-refractivity contribution < 1.29 is 23.4 Å². The van der Waals surface area contributed by atoms with E-state index in [0.29, 0.717) is 11.1 Å². The Labute approximate surface area is 124 Å². The van der Waals surface area contributed by atoms with E-state index in [1.165, 1.54) is 0 Å². The van der Waals surface area contributed by atoms with E-state index < -0.39 is 28.1 Å². The number of hydrogen-bond acceptors (Lipinski definition) is 4. The van der Waals surface area contributed by atoms with E-state index >= 15 is 0 Å². The summed E-state index contributed by atoms with van der Waals surface area (Å²) in [6, 6.07) is 2.29. The maximum Gasteiger partial charge on any atom is 0.322 e. The molecule has 0 aliphatic carbocycles. The minimum absolute atomic E-state index is 0.0848. The number of rotatable bonds is 3. The number of aliphatic hydroxyl groups excluding tert-OH is 1. The third-order valence-corrected chi connectivity index (χ3v) is 5.87. The highest BCUT2D eigenvalue weighted by atomic mass is 32.2. The van der Waals surface area contributed by atoms with Gasteiger partial charge in [-0.1, -0.05) is 17.7 Å². The summed E-state index contributed by atoms with van der Waals surface area (Å²) in [5.74, 6) is -1.24. The number of sulfonamides is 1. The molecule has 0 amide bonds. The lowest BCUT2D eigenvalue weighted by molar-refractivity contribution is -0.140. The summed E-state index contributed by atoms with van der Waals surface area (Å²) in [5, 5.41) is 18.8. The van der Waals surface area contributed by atoms with Crippen LogP contribution in [0.5, 0.6) is 0 Å². The van der Waals surface area contributed by atoms with Crippen molar-refractivity contribution in [3.63, 3.8) is 0 Å². The summed E-state index contributed by atoms with van der Waals surface area (Å²) in [6.45, 7) is 5.06. The van der Waals surface area contributed by atoms with E-state index in [0.717, 1.165) is 9.87 Å². The molecule has 1 aromatic carbocycles. The molecule has 0 bridgehead atoms. The number of carbonyl (C=O) groups is 1. The van der Waals surface area contributed by atoms with Crippen molar-refractivity contribution in [3.8, 4) is 0 Å². The quantitative estimate of drug-likeness (QED) is 0.861. The van der Waals surface area contributed by atoms with Crippen molar-refractivity contribution in [3.05, 3.63) is 28.8 Å². The number of aliphatic hydroxyl groups is 1. The van der Waals surface area contributed by atoms with E-state index in [-0.39, 0.29) is 17.9 Å². The molecule has 116 valence electrons. The molecular weight excluding hydrogens is 294 g/mol. The minimum Gasteiger partial charge on any atom is -0.480 e. The van der Waals surface area contributed by atoms with Crippen molar-refractivity contribution in [2.75, 3.05) is 6.54 Å². The van der Waals surface area contributed by atoms with E-state index in [9.17, 15) is 23.4 Å². The van der Waals surface area contributed by atoms with Gasteiger partial charge in [-0.15, -0.1) is 0 Å². The Bertz CT molecular complexity index is 660. The molecule has 1 heterocycles. The van der Waals surface area contributed by atoms with Crippen molar-refractivity contribution in [2.45, 2.75) is 44.2 Å². The number of carboxylic acids is 1. The monoisotopic (exact) mass is 313 g/mol. The molecule has 1 fully saturated rings. The molecule has 2 atom stereocenters. The maximum absolute atomic E-state index is 12.8. The second kappa shape index (κ2) is 5.40. The van der Waals surface area contributed by atoms with Crippen LogP contribution >= 0.6 is 0 Å². The molecule has 0 aromatic heterocycles. The van der Waals surface area contributed by atoms with Gasteiger partial charge < -0.3 is 10.2 Å². The molecule has 1 aliphatic rings. The van der Waals surface area contributed by atoms with Gasteiger partial charge in [0.25, 0.3) is 0 Å². The maximum atomic E-state index is 12.8. The fourth-order valence-corrected chi connectivity index (χ4v) is 5.01. The summed E-state index contributed by atoms with van der Waals surface area (Å²) >= 11 is 0. The zero-order chi connectivity index (χ0) is 15.9. The van der Waals surface area contributed by atoms with Crippen molar-refractivity contribution in [1.29, 1.82) is 0 Å². The van der Waals surface area contributed by atoms with Gasteiger partial charge in [-0.3, -0.25) is 4.79 Å². The standard InChI is InChI=1S/C14H19NO5S/c1-8-4-9(2)13(10(3)5-8)21(19,20)15-7-11(16)6-12(15)14(17)18/h4-5,11-12,16H,6-7H2,1-3H3,(H,17,18)/t11-,12-/m1/s1. The van der Waals surface area contributed by atoms with Crippen LogP contribution in [0.15, 0.2) is 17.0 Å². The predicted molar refractivity (Wildman–Crippen MR) is 76.6 cm³/mol. The van der Waals surface area contributed by atoms with Crippen LogP contribution in [0.1, 0.15) is 23.1 Å². The normalized spacial score (nSPS) is 23.4. The van der Waals surface area contributed by atoms with Crippen LogP contribution in [-0.2, 0) is 14.8 Å². The fraction of sp³-hybridized carbons (Fsp3) is 0.500. The van der Waals surface area contributed by atoms with E-state index in [1.54, 1.807) is 26.0 Å². The van der Waals surface area contributed by atoms with Crippen LogP contribution < -0.4 is 0 Å². The van der Waals surface area contributed by atoms with Crippen LogP contribution in [0, 0.1) is 20.8 Å². The van der Waals surface area contributed by atoms with Gasteiger partial charge in [-0.25, -0.2) is 8.42 Å². The average Bonchev–Trinajstić information content (AvgIpc) is 2.70. The van der Waals surface area contributed by atoms with Crippen LogP contribution in [0.4, 0.5) is 0 Å². The van der Waals surface area contributed by atoms with Crippen LogP contribution in [0.3, 0.4) is 0 Å². The molecule has 21 heavy (non-hydrogen) atoms. The van der Waals surface area contributed by atoms with Gasteiger partial charge >= 0.3 is 5.97 Å². The molecule has 0 unspecified atom stereocenters. The third-order valence-electron chi connectivity index (χ3n) is 3.69. The SMILES string of the molecule is Cc1cc(C)c(S(=O)(=O)N2C[C@H](O)C[C@@H]2C(=O)O)c(C)c1. The Balaban J connectivity index is 2.55. The molecular formula is C14H19NO5S.